The molecule has 0 saturated carbocycles. The predicted octanol–water partition coefficient (Wildman–Crippen LogP) is 3.07. The van der Waals surface area contributed by atoms with Crippen molar-refractivity contribution in [2.24, 2.45) is 5.41 Å². The fraction of sp³-hybridized carbons (Fsp3) is 0.533. The maximum atomic E-state index is 11.6. The van der Waals surface area contributed by atoms with E-state index in [2.05, 4.69) is 0 Å². The van der Waals surface area contributed by atoms with E-state index in [1.807, 2.05) is 26.8 Å². The summed E-state index contributed by atoms with van der Waals surface area (Å²) in [7, 11) is 0. The fourth-order valence-electron chi connectivity index (χ4n) is 2.46. The minimum absolute atomic E-state index is 0.0677. The van der Waals surface area contributed by atoms with E-state index < -0.39 is 11.0 Å². The molecule has 0 bridgehead atoms. The molecule has 0 saturated heterocycles. The molecule has 0 radical (unpaired) electrons. The van der Waals surface area contributed by atoms with Crippen LogP contribution in [0.15, 0.2) is 35.6 Å². The summed E-state index contributed by atoms with van der Waals surface area (Å²) in [5, 5.41) is 19.5. The first-order valence-corrected chi connectivity index (χ1v) is 6.14. The summed E-state index contributed by atoms with van der Waals surface area (Å²) in [6.45, 7) is 7.47. The Bertz CT molecular complexity index is 427. The summed E-state index contributed by atoms with van der Waals surface area (Å²) in [5.41, 5.74) is 0.0980. The Hall–Kier alpha value is -1.35. The topological polar surface area (TPSA) is 57.5 Å². The molecule has 2 N–H and O–H groups in total. The van der Waals surface area contributed by atoms with Crippen LogP contribution in [0.4, 0.5) is 0 Å². The van der Waals surface area contributed by atoms with Gasteiger partial charge in [-0.3, -0.25) is 4.79 Å². The van der Waals surface area contributed by atoms with Crippen molar-refractivity contribution < 1.29 is 15.0 Å². The van der Waals surface area contributed by atoms with Crippen molar-refractivity contribution in [2.45, 2.75) is 46.1 Å². The summed E-state index contributed by atoms with van der Waals surface area (Å²) in [5.74, 6) is 0.0677. The van der Waals surface area contributed by atoms with E-state index in [0.29, 0.717) is 18.4 Å². The van der Waals surface area contributed by atoms with Gasteiger partial charge in [-0.2, -0.15) is 0 Å². The Kier molecular flexibility index (Phi) is 4.17. The predicted molar refractivity (Wildman–Crippen MR) is 72.3 cm³/mol. The molecule has 0 fully saturated rings. The van der Waals surface area contributed by atoms with Crippen LogP contribution in [0.25, 0.3) is 0 Å². The second kappa shape index (κ2) is 5.11. The highest BCUT2D eigenvalue weighted by Crippen LogP contribution is 2.45. The Labute approximate surface area is 109 Å². The molecule has 1 atom stereocenters. The highest BCUT2D eigenvalue weighted by Gasteiger charge is 2.47. The van der Waals surface area contributed by atoms with Gasteiger partial charge in [-0.25, -0.2) is 0 Å². The Balaban J connectivity index is 3.06. The lowest BCUT2D eigenvalue weighted by Crippen LogP contribution is -2.49. The minimum Gasteiger partial charge on any atom is -0.516 e. The molecule has 0 aliphatic heterocycles. The molecule has 0 spiro atoms. The second-order valence-corrected chi connectivity index (χ2v) is 5.68. The number of ketones is 1. The quantitative estimate of drug-likeness (QED) is 0.598. The Morgan fingerprint density at radius 3 is 2.61 bits per heavy atom. The third-order valence-electron chi connectivity index (χ3n) is 3.82. The molecule has 0 aromatic heterocycles. The smallest absolute Gasteiger partial charge is 0.156 e. The number of carbonyl (C=O) groups is 1. The highest BCUT2D eigenvalue weighted by atomic mass is 16.3. The molecule has 100 valence electrons. The summed E-state index contributed by atoms with van der Waals surface area (Å²) < 4.78 is 0. The van der Waals surface area contributed by atoms with Crippen LogP contribution in [-0.4, -0.2) is 21.6 Å². The number of allylic oxidation sites excluding steroid dienone is 3. The molecule has 0 amide bonds. The molecule has 0 aromatic rings. The number of hydrogen-bond acceptors (Lipinski definition) is 3. The van der Waals surface area contributed by atoms with Gasteiger partial charge >= 0.3 is 0 Å². The third kappa shape index (κ3) is 2.72. The normalized spacial score (nSPS) is 28.6. The number of aliphatic hydroxyl groups excluding tert-OH is 1. The Morgan fingerprint density at radius 2 is 2.11 bits per heavy atom. The molecule has 1 rings (SSSR count). The molecule has 0 aromatic carbocycles. The van der Waals surface area contributed by atoms with Gasteiger partial charge in [-0.1, -0.05) is 25.5 Å². The molecule has 1 unspecified atom stereocenters. The monoisotopic (exact) mass is 250 g/mol. The van der Waals surface area contributed by atoms with Crippen LogP contribution in [0.3, 0.4) is 0 Å². The minimum atomic E-state index is -1.01. The zero-order valence-corrected chi connectivity index (χ0v) is 11.5. The fourth-order valence-corrected chi connectivity index (χ4v) is 2.46. The molecular formula is C15H22O3. The molecular weight excluding hydrogens is 228 g/mol. The van der Waals surface area contributed by atoms with E-state index in [1.165, 1.54) is 6.08 Å². The van der Waals surface area contributed by atoms with Crippen molar-refractivity contribution in [3.05, 3.63) is 35.6 Å². The van der Waals surface area contributed by atoms with Crippen LogP contribution in [0, 0.1) is 5.41 Å². The second-order valence-electron chi connectivity index (χ2n) is 5.68. The van der Waals surface area contributed by atoms with Crippen LogP contribution in [0.1, 0.15) is 40.5 Å². The van der Waals surface area contributed by atoms with Gasteiger partial charge in [0.25, 0.3) is 0 Å². The van der Waals surface area contributed by atoms with Crippen LogP contribution in [0.2, 0.25) is 0 Å². The maximum Gasteiger partial charge on any atom is 0.156 e. The van der Waals surface area contributed by atoms with E-state index in [0.717, 1.165) is 11.8 Å². The van der Waals surface area contributed by atoms with Gasteiger partial charge < -0.3 is 10.2 Å². The van der Waals surface area contributed by atoms with Crippen molar-refractivity contribution in [2.75, 3.05) is 0 Å². The average Bonchev–Trinajstić information content (AvgIpc) is 2.23. The van der Waals surface area contributed by atoms with E-state index in [9.17, 15) is 9.90 Å². The van der Waals surface area contributed by atoms with Gasteiger partial charge in [0, 0.05) is 11.8 Å². The number of hydrogen-bond donors (Lipinski definition) is 2. The SMILES string of the molecule is CC(C=CO)=CCC1(O)C(C)=CC(=O)CC1(C)C. The van der Waals surface area contributed by atoms with Gasteiger partial charge in [-0.15, -0.1) is 0 Å². The van der Waals surface area contributed by atoms with Gasteiger partial charge in [0.1, 0.15) is 0 Å². The molecule has 0 heterocycles. The van der Waals surface area contributed by atoms with Crippen molar-refractivity contribution in [3.8, 4) is 0 Å². The third-order valence-corrected chi connectivity index (χ3v) is 3.82. The van der Waals surface area contributed by atoms with Gasteiger partial charge in [0.2, 0.25) is 0 Å². The molecule has 1 aliphatic carbocycles. The number of aliphatic hydroxyl groups is 2. The van der Waals surface area contributed by atoms with E-state index in [-0.39, 0.29) is 5.78 Å². The molecule has 3 nitrogen and oxygen atoms in total. The first kappa shape index (κ1) is 14.7. The number of carbonyl (C=O) groups excluding carboxylic acids is 1. The highest BCUT2D eigenvalue weighted by molar-refractivity contribution is 5.92. The van der Waals surface area contributed by atoms with Crippen LogP contribution in [-0.2, 0) is 4.79 Å². The zero-order chi connectivity index (χ0) is 14.0. The van der Waals surface area contributed by atoms with E-state index in [1.54, 1.807) is 13.0 Å². The van der Waals surface area contributed by atoms with E-state index >= 15 is 0 Å². The first-order valence-electron chi connectivity index (χ1n) is 6.14. The lowest BCUT2D eigenvalue weighted by atomic mass is 9.63. The van der Waals surface area contributed by atoms with Crippen molar-refractivity contribution >= 4 is 5.78 Å². The number of rotatable bonds is 3. The van der Waals surface area contributed by atoms with Gasteiger partial charge in [0.05, 0.1) is 11.9 Å². The summed E-state index contributed by atoms with van der Waals surface area (Å²) in [4.78, 5) is 11.6. The lowest BCUT2D eigenvalue weighted by molar-refractivity contribution is -0.123. The lowest BCUT2D eigenvalue weighted by Gasteiger charge is -2.45. The molecule has 3 heteroatoms. The van der Waals surface area contributed by atoms with Crippen molar-refractivity contribution in [1.29, 1.82) is 0 Å². The van der Waals surface area contributed by atoms with Crippen LogP contribution < -0.4 is 0 Å². The average molecular weight is 250 g/mol. The van der Waals surface area contributed by atoms with Crippen molar-refractivity contribution in [3.63, 3.8) is 0 Å². The van der Waals surface area contributed by atoms with E-state index in [4.69, 9.17) is 5.11 Å². The standard InChI is InChI=1S/C15H22O3/c1-11(6-8-16)5-7-15(18)12(2)9-13(17)10-14(15,3)4/h5-6,8-9,16,18H,7,10H2,1-4H3. The molecule has 1 aliphatic rings. The van der Waals surface area contributed by atoms with Crippen LogP contribution >= 0.6 is 0 Å². The van der Waals surface area contributed by atoms with Crippen LogP contribution in [0.5, 0.6) is 0 Å². The zero-order valence-electron chi connectivity index (χ0n) is 11.5. The first-order chi connectivity index (χ1) is 8.23. The Morgan fingerprint density at radius 1 is 1.50 bits per heavy atom. The summed E-state index contributed by atoms with van der Waals surface area (Å²) in [6, 6.07) is 0. The largest absolute Gasteiger partial charge is 0.516 e. The summed E-state index contributed by atoms with van der Waals surface area (Å²) >= 11 is 0. The van der Waals surface area contributed by atoms with Gasteiger partial charge in [-0.05, 0) is 38.0 Å². The van der Waals surface area contributed by atoms with Crippen molar-refractivity contribution in [1.82, 2.24) is 0 Å². The van der Waals surface area contributed by atoms with Gasteiger partial charge in [0.15, 0.2) is 5.78 Å². The molecule has 18 heavy (non-hydrogen) atoms. The summed E-state index contributed by atoms with van der Waals surface area (Å²) in [6.07, 6.45) is 6.75. The maximum absolute atomic E-state index is 11.6.